The van der Waals surface area contributed by atoms with E-state index in [4.69, 9.17) is 0 Å². The topological polar surface area (TPSA) is 15.3 Å². The quantitative estimate of drug-likeness (QED) is 0.348. The molecular weight excluding hydrogens is 102 g/mol. The Labute approximate surface area is 40.0 Å². The summed E-state index contributed by atoms with van der Waals surface area (Å²) in [6, 6.07) is 0. The molecule has 1 rings (SSSR count). The van der Waals surface area contributed by atoms with Crippen molar-refractivity contribution in [3.63, 3.8) is 0 Å². The van der Waals surface area contributed by atoms with Crippen molar-refractivity contribution >= 4 is 0 Å². The lowest BCUT2D eigenvalue weighted by molar-refractivity contribution is -0.0543. The molecular formula is C3H6F2N2. The first kappa shape index (κ1) is 4.93. The molecule has 1 aliphatic rings. The minimum absolute atomic E-state index is 0.125. The van der Waals surface area contributed by atoms with Gasteiger partial charge >= 0.3 is 0 Å². The lowest BCUT2D eigenvalue weighted by atomic mass is 10.7. The third kappa shape index (κ3) is 0.863. The molecule has 0 radical (unpaired) electrons. The van der Waals surface area contributed by atoms with Gasteiger partial charge in [0.25, 0.3) is 0 Å². The minimum Gasteiger partial charge on any atom is -0.272 e. The molecule has 7 heavy (non-hydrogen) atoms. The molecule has 1 atom stereocenters. The maximum atomic E-state index is 11.8. The molecule has 42 valence electrons. The largest absolute Gasteiger partial charge is 0.272 e. The molecule has 0 aliphatic carbocycles. The molecule has 1 aliphatic heterocycles. The van der Waals surface area contributed by atoms with Gasteiger partial charge < -0.3 is 0 Å². The zero-order valence-electron chi connectivity index (χ0n) is 3.69. The fraction of sp³-hybridized carbons (Fsp3) is 1.00. The molecule has 1 unspecified atom stereocenters. The second-order valence-electron chi connectivity index (χ2n) is 1.41. The van der Waals surface area contributed by atoms with Gasteiger partial charge in [-0.05, 0) is 0 Å². The highest BCUT2D eigenvalue weighted by Gasteiger charge is 2.21. The monoisotopic (exact) mass is 108 g/mol. The van der Waals surface area contributed by atoms with Gasteiger partial charge in [-0.2, -0.15) is 0 Å². The molecule has 0 bridgehead atoms. The number of hydrogen-bond donors (Lipinski definition) is 1. The summed E-state index contributed by atoms with van der Waals surface area (Å²) in [5.74, 6) is 0. The van der Waals surface area contributed by atoms with Crippen LogP contribution in [0.3, 0.4) is 0 Å². The second kappa shape index (κ2) is 1.71. The molecule has 1 saturated heterocycles. The summed E-state index contributed by atoms with van der Waals surface area (Å²) >= 11 is 0. The first-order valence-corrected chi connectivity index (χ1v) is 2.10. The number of rotatable bonds is 0. The fourth-order valence-corrected chi connectivity index (χ4v) is 0.503. The minimum atomic E-state index is -1.57. The molecule has 1 heterocycles. The van der Waals surface area contributed by atoms with E-state index in [9.17, 15) is 8.87 Å². The van der Waals surface area contributed by atoms with Crippen LogP contribution < -0.4 is 5.32 Å². The third-order valence-electron chi connectivity index (χ3n) is 0.884. The summed E-state index contributed by atoms with van der Waals surface area (Å²) in [6.07, 6.45) is -1.57. The number of nitrogens with one attached hydrogen (secondary N) is 1. The lowest BCUT2D eigenvalue weighted by Gasteiger charge is -2.01. The van der Waals surface area contributed by atoms with Crippen molar-refractivity contribution in [3.8, 4) is 0 Å². The van der Waals surface area contributed by atoms with Gasteiger partial charge in [0.1, 0.15) is 0 Å². The van der Waals surface area contributed by atoms with Gasteiger partial charge in [-0.25, -0.2) is 4.39 Å². The Morgan fingerprint density at radius 3 is 2.57 bits per heavy atom. The van der Waals surface area contributed by atoms with Crippen molar-refractivity contribution in [1.82, 2.24) is 10.4 Å². The van der Waals surface area contributed by atoms with Crippen LogP contribution in [0.4, 0.5) is 8.87 Å². The standard InChI is InChI=1S/C3H6F2N2/c4-3-6-1-2-7(3)5/h3,6H,1-2H2. The Balaban J connectivity index is 2.33. The summed E-state index contributed by atoms with van der Waals surface area (Å²) in [5.41, 5.74) is 0. The molecule has 1 fully saturated rings. The highest BCUT2D eigenvalue weighted by molar-refractivity contribution is 4.60. The van der Waals surface area contributed by atoms with Gasteiger partial charge in [0.15, 0.2) is 0 Å². The van der Waals surface area contributed by atoms with Crippen molar-refractivity contribution in [2.45, 2.75) is 6.42 Å². The van der Waals surface area contributed by atoms with E-state index in [0.29, 0.717) is 6.54 Å². The van der Waals surface area contributed by atoms with E-state index in [1.807, 2.05) is 0 Å². The van der Waals surface area contributed by atoms with Crippen molar-refractivity contribution in [3.05, 3.63) is 0 Å². The second-order valence-corrected chi connectivity index (χ2v) is 1.41. The zero-order valence-corrected chi connectivity index (χ0v) is 3.69. The Kier molecular flexibility index (Phi) is 1.21. The predicted octanol–water partition coefficient (Wildman–Crippen LogP) is 0.0292. The molecule has 0 spiro atoms. The zero-order chi connectivity index (χ0) is 5.28. The van der Waals surface area contributed by atoms with E-state index >= 15 is 0 Å². The third-order valence-corrected chi connectivity index (χ3v) is 0.884. The summed E-state index contributed by atoms with van der Waals surface area (Å²) < 4.78 is 23.5. The van der Waals surface area contributed by atoms with Gasteiger partial charge in [0.2, 0.25) is 6.42 Å². The Bertz CT molecular complexity index is 60.0. The van der Waals surface area contributed by atoms with E-state index in [2.05, 4.69) is 5.32 Å². The molecule has 0 saturated carbocycles. The summed E-state index contributed by atoms with van der Waals surface area (Å²) in [6.45, 7) is 0.554. The van der Waals surface area contributed by atoms with Gasteiger partial charge in [0.05, 0.1) is 0 Å². The summed E-state index contributed by atoms with van der Waals surface area (Å²) in [7, 11) is 0. The normalized spacial score (nSPS) is 34.3. The van der Waals surface area contributed by atoms with Crippen molar-refractivity contribution < 1.29 is 8.87 Å². The van der Waals surface area contributed by atoms with Crippen molar-refractivity contribution in [2.24, 2.45) is 0 Å². The van der Waals surface area contributed by atoms with Gasteiger partial charge in [-0.3, -0.25) is 5.32 Å². The van der Waals surface area contributed by atoms with Gasteiger partial charge in [0, 0.05) is 13.1 Å². The summed E-state index contributed by atoms with van der Waals surface area (Å²) in [4.78, 5) is 0. The average molecular weight is 108 g/mol. The van der Waals surface area contributed by atoms with E-state index in [-0.39, 0.29) is 11.7 Å². The van der Waals surface area contributed by atoms with Crippen LogP contribution in [0.15, 0.2) is 0 Å². The Morgan fingerprint density at radius 2 is 2.43 bits per heavy atom. The van der Waals surface area contributed by atoms with Gasteiger partial charge in [-0.15, -0.1) is 4.48 Å². The van der Waals surface area contributed by atoms with Crippen LogP contribution in [0.5, 0.6) is 0 Å². The number of halogens is 2. The molecule has 1 N–H and O–H groups in total. The number of nitrogens with zero attached hydrogens (tertiary/aromatic N) is 1. The average Bonchev–Trinajstić information content (AvgIpc) is 1.91. The van der Waals surface area contributed by atoms with Crippen molar-refractivity contribution in [1.29, 1.82) is 0 Å². The Hall–Kier alpha value is -0.220. The van der Waals surface area contributed by atoms with Gasteiger partial charge in [-0.1, -0.05) is 5.12 Å². The van der Waals surface area contributed by atoms with Crippen LogP contribution in [0.1, 0.15) is 0 Å². The molecule has 4 heteroatoms. The van der Waals surface area contributed by atoms with Crippen LogP contribution in [0, 0.1) is 0 Å². The molecule has 0 aromatic carbocycles. The molecule has 0 amide bonds. The maximum absolute atomic E-state index is 11.8. The van der Waals surface area contributed by atoms with Crippen LogP contribution in [0.25, 0.3) is 0 Å². The Morgan fingerprint density at radius 1 is 1.71 bits per heavy atom. The first-order valence-electron chi connectivity index (χ1n) is 2.10. The number of hydrogen-bond acceptors (Lipinski definition) is 2. The van der Waals surface area contributed by atoms with Crippen LogP contribution in [0.2, 0.25) is 0 Å². The maximum Gasteiger partial charge on any atom is 0.233 e. The van der Waals surface area contributed by atoms with Crippen molar-refractivity contribution in [2.75, 3.05) is 13.1 Å². The highest BCUT2D eigenvalue weighted by Crippen LogP contribution is 2.02. The lowest BCUT2D eigenvalue weighted by Crippen LogP contribution is -2.24. The van der Waals surface area contributed by atoms with E-state index in [0.717, 1.165) is 0 Å². The van der Waals surface area contributed by atoms with E-state index in [1.54, 1.807) is 0 Å². The predicted molar refractivity (Wildman–Crippen MR) is 20.7 cm³/mol. The summed E-state index contributed by atoms with van der Waals surface area (Å²) in [5, 5.41) is 2.38. The molecule has 2 nitrogen and oxygen atoms in total. The van der Waals surface area contributed by atoms with Crippen LogP contribution in [-0.2, 0) is 0 Å². The first-order chi connectivity index (χ1) is 3.30. The SMILES string of the molecule is FC1NCCN1F. The number of alkyl halides is 1. The van der Waals surface area contributed by atoms with E-state index < -0.39 is 6.42 Å². The smallest absolute Gasteiger partial charge is 0.233 e. The molecule has 0 aromatic heterocycles. The van der Waals surface area contributed by atoms with Crippen LogP contribution >= 0.6 is 0 Å². The van der Waals surface area contributed by atoms with E-state index in [1.165, 1.54) is 0 Å². The highest BCUT2D eigenvalue weighted by atomic mass is 19.2. The molecule has 0 aromatic rings. The fourth-order valence-electron chi connectivity index (χ4n) is 0.503. The van der Waals surface area contributed by atoms with Crippen LogP contribution in [-0.4, -0.2) is 24.6 Å².